The third-order valence-electron chi connectivity index (χ3n) is 6.94. The summed E-state index contributed by atoms with van der Waals surface area (Å²) in [6.07, 6.45) is 1.70. The largest absolute Gasteiger partial charge is 0.457 e. The second kappa shape index (κ2) is 9.03. The SMILES string of the molecule is O=C1OCc2c1ccc(C1CN3CCN(C(=O)Cc4ccc(-n5cnnn5)cc4)CC3CO1)c2Cl. The van der Waals surface area contributed by atoms with Crippen LogP contribution in [0.4, 0.5) is 0 Å². The molecule has 0 aliphatic carbocycles. The van der Waals surface area contributed by atoms with E-state index in [1.165, 1.54) is 6.33 Å². The molecule has 11 heteroatoms. The van der Waals surface area contributed by atoms with Crippen molar-refractivity contribution in [1.82, 2.24) is 30.0 Å². The molecule has 0 N–H and O–H groups in total. The normalized spacial score (nSPS) is 22.0. The van der Waals surface area contributed by atoms with Gasteiger partial charge >= 0.3 is 5.97 Å². The number of hydrogen-bond acceptors (Lipinski definition) is 8. The number of benzene rings is 2. The number of halogens is 1. The zero-order chi connectivity index (χ0) is 23.9. The average molecular weight is 495 g/mol. The fraction of sp³-hybridized carbons (Fsp3) is 0.375. The van der Waals surface area contributed by atoms with Crippen LogP contribution >= 0.6 is 11.6 Å². The van der Waals surface area contributed by atoms with E-state index in [2.05, 4.69) is 20.4 Å². The van der Waals surface area contributed by atoms with Crippen LogP contribution in [0.1, 0.15) is 33.2 Å². The van der Waals surface area contributed by atoms with Crippen molar-refractivity contribution in [2.45, 2.75) is 25.2 Å². The molecule has 2 fully saturated rings. The first-order valence-corrected chi connectivity index (χ1v) is 11.9. The molecule has 0 spiro atoms. The molecule has 10 nitrogen and oxygen atoms in total. The van der Waals surface area contributed by atoms with E-state index >= 15 is 0 Å². The van der Waals surface area contributed by atoms with Gasteiger partial charge in [0.25, 0.3) is 0 Å². The maximum absolute atomic E-state index is 13.0. The number of morpholine rings is 1. The number of tetrazole rings is 1. The number of esters is 1. The van der Waals surface area contributed by atoms with Gasteiger partial charge in [0.15, 0.2) is 0 Å². The minimum Gasteiger partial charge on any atom is -0.457 e. The molecule has 4 heterocycles. The molecule has 3 aliphatic rings. The highest BCUT2D eigenvalue weighted by Gasteiger charge is 2.37. The van der Waals surface area contributed by atoms with Crippen molar-refractivity contribution >= 4 is 23.5 Å². The average Bonchev–Trinajstić information content (AvgIpc) is 3.55. The number of cyclic esters (lactones) is 1. The van der Waals surface area contributed by atoms with Gasteiger partial charge in [0.05, 0.1) is 41.4 Å². The molecule has 1 aromatic heterocycles. The highest BCUT2D eigenvalue weighted by atomic mass is 35.5. The number of rotatable bonds is 4. The van der Waals surface area contributed by atoms with Crippen LogP contribution in [0.2, 0.25) is 5.02 Å². The van der Waals surface area contributed by atoms with E-state index in [-0.39, 0.29) is 30.6 Å². The second-order valence-electron chi connectivity index (χ2n) is 8.98. The highest BCUT2D eigenvalue weighted by molar-refractivity contribution is 6.32. The van der Waals surface area contributed by atoms with Gasteiger partial charge in [0.1, 0.15) is 12.9 Å². The second-order valence-corrected chi connectivity index (χ2v) is 9.36. The summed E-state index contributed by atoms with van der Waals surface area (Å²) in [5.74, 6) is -0.226. The van der Waals surface area contributed by atoms with Gasteiger partial charge in [0.2, 0.25) is 5.91 Å². The first kappa shape index (κ1) is 22.1. The molecular formula is C24H23ClN6O4. The van der Waals surface area contributed by atoms with Crippen molar-refractivity contribution in [3.63, 3.8) is 0 Å². The fourth-order valence-electron chi connectivity index (χ4n) is 4.97. The minimum absolute atomic E-state index is 0.105. The van der Waals surface area contributed by atoms with Crippen LogP contribution in [-0.2, 0) is 27.3 Å². The number of aromatic nitrogens is 4. The van der Waals surface area contributed by atoms with Gasteiger partial charge in [-0.1, -0.05) is 29.8 Å². The number of ether oxygens (including phenoxy) is 2. The molecule has 0 bridgehead atoms. The molecule has 2 unspecified atom stereocenters. The predicted octanol–water partition coefficient (Wildman–Crippen LogP) is 1.81. The Morgan fingerprint density at radius 3 is 2.77 bits per heavy atom. The number of carbonyl (C=O) groups excluding carboxylic acids is 2. The Hall–Kier alpha value is -3.34. The molecule has 2 atom stereocenters. The molecule has 0 radical (unpaired) electrons. The van der Waals surface area contributed by atoms with E-state index in [4.69, 9.17) is 21.1 Å². The molecule has 1 amide bonds. The Balaban J connectivity index is 1.07. The third kappa shape index (κ3) is 4.18. The van der Waals surface area contributed by atoms with Crippen LogP contribution < -0.4 is 0 Å². The number of amides is 1. The Kier molecular flexibility index (Phi) is 5.71. The summed E-state index contributed by atoms with van der Waals surface area (Å²) in [5, 5.41) is 11.7. The first-order chi connectivity index (χ1) is 17.1. The van der Waals surface area contributed by atoms with Gasteiger partial charge in [0, 0.05) is 37.3 Å². The van der Waals surface area contributed by atoms with Gasteiger partial charge in [-0.05, 0) is 34.2 Å². The monoisotopic (exact) mass is 494 g/mol. The maximum Gasteiger partial charge on any atom is 0.338 e. The number of fused-ring (bicyclic) bond motifs is 2. The summed E-state index contributed by atoms with van der Waals surface area (Å²) >= 11 is 6.61. The Labute approximate surface area is 206 Å². The van der Waals surface area contributed by atoms with Crippen LogP contribution in [0, 0.1) is 0 Å². The molecule has 2 aromatic carbocycles. The standard InChI is InChI=1S/C24H23ClN6O4/c25-23-19(6-5-18-20(23)13-35-24(18)33)21-11-29-7-8-30(10-17(29)12-34-21)22(32)9-15-1-3-16(4-2-15)31-14-26-27-28-31/h1-6,14,17,21H,7-13H2. The van der Waals surface area contributed by atoms with E-state index in [1.54, 1.807) is 10.7 Å². The highest BCUT2D eigenvalue weighted by Crippen LogP contribution is 2.37. The van der Waals surface area contributed by atoms with Crippen molar-refractivity contribution in [3.8, 4) is 5.69 Å². The third-order valence-corrected chi connectivity index (χ3v) is 7.39. The topological polar surface area (TPSA) is 103 Å². The number of carbonyl (C=O) groups is 2. The lowest BCUT2D eigenvalue weighted by atomic mass is 9.99. The van der Waals surface area contributed by atoms with Crippen molar-refractivity contribution < 1.29 is 19.1 Å². The zero-order valence-corrected chi connectivity index (χ0v) is 19.6. The summed E-state index contributed by atoms with van der Waals surface area (Å²) in [5.41, 5.74) is 3.94. The molecular weight excluding hydrogens is 472 g/mol. The van der Waals surface area contributed by atoms with Gasteiger partial charge in [-0.2, -0.15) is 0 Å². The minimum atomic E-state index is -0.331. The number of nitrogens with zero attached hydrogens (tertiary/aromatic N) is 6. The summed E-state index contributed by atoms with van der Waals surface area (Å²) in [6.45, 7) is 3.49. The zero-order valence-electron chi connectivity index (χ0n) is 18.8. The van der Waals surface area contributed by atoms with Crippen molar-refractivity contribution in [3.05, 3.63) is 70.0 Å². The lowest BCUT2D eigenvalue weighted by Gasteiger charge is -2.46. The molecule has 6 rings (SSSR count). The van der Waals surface area contributed by atoms with E-state index in [1.807, 2.05) is 35.2 Å². The summed E-state index contributed by atoms with van der Waals surface area (Å²) in [4.78, 5) is 29.1. The van der Waals surface area contributed by atoms with Crippen molar-refractivity contribution in [1.29, 1.82) is 0 Å². The molecule has 180 valence electrons. The van der Waals surface area contributed by atoms with Gasteiger partial charge in [-0.25, -0.2) is 9.48 Å². The maximum atomic E-state index is 13.0. The predicted molar refractivity (Wildman–Crippen MR) is 124 cm³/mol. The number of hydrogen-bond donors (Lipinski definition) is 0. The van der Waals surface area contributed by atoms with E-state index in [0.717, 1.165) is 28.9 Å². The van der Waals surface area contributed by atoms with Crippen LogP contribution in [0.3, 0.4) is 0 Å². The molecule has 35 heavy (non-hydrogen) atoms. The van der Waals surface area contributed by atoms with Crippen molar-refractivity contribution in [2.24, 2.45) is 0 Å². The molecule has 3 aromatic rings. The molecule has 2 saturated heterocycles. The first-order valence-electron chi connectivity index (χ1n) is 11.5. The van der Waals surface area contributed by atoms with Crippen LogP contribution in [0.25, 0.3) is 5.69 Å². The summed E-state index contributed by atoms with van der Waals surface area (Å²) in [7, 11) is 0. The quantitative estimate of drug-likeness (QED) is 0.506. The summed E-state index contributed by atoms with van der Waals surface area (Å²) in [6, 6.07) is 11.4. The number of piperazine rings is 1. The van der Waals surface area contributed by atoms with E-state index in [0.29, 0.717) is 43.2 Å². The van der Waals surface area contributed by atoms with Crippen LogP contribution in [-0.4, -0.2) is 80.7 Å². The van der Waals surface area contributed by atoms with Gasteiger partial charge in [-0.3, -0.25) is 9.69 Å². The van der Waals surface area contributed by atoms with E-state index < -0.39 is 0 Å². The van der Waals surface area contributed by atoms with Crippen molar-refractivity contribution in [2.75, 3.05) is 32.8 Å². The Bertz CT molecular complexity index is 1270. The smallest absolute Gasteiger partial charge is 0.338 e. The Morgan fingerprint density at radius 1 is 1.11 bits per heavy atom. The van der Waals surface area contributed by atoms with Crippen LogP contribution in [0.15, 0.2) is 42.7 Å². The lowest BCUT2D eigenvalue weighted by Crippen LogP contribution is -2.59. The fourth-order valence-corrected chi connectivity index (χ4v) is 5.31. The Morgan fingerprint density at radius 2 is 1.97 bits per heavy atom. The molecule has 3 aliphatic heterocycles. The van der Waals surface area contributed by atoms with Gasteiger partial charge < -0.3 is 14.4 Å². The lowest BCUT2D eigenvalue weighted by molar-refractivity contribution is -0.139. The summed E-state index contributed by atoms with van der Waals surface area (Å²) < 4.78 is 12.9. The van der Waals surface area contributed by atoms with E-state index in [9.17, 15) is 9.59 Å². The van der Waals surface area contributed by atoms with Gasteiger partial charge in [-0.15, -0.1) is 5.10 Å². The molecule has 0 saturated carbocycles. The van der Waals surface area contributed by atoms with Crippen LogP contribution in [0.5, 0.6) is 0 Å².